The summed E-state index contributed by atoms with van der Waals surface area (Å²) in [4.78, 5) is 27.0. The van der Waals surface area contributed by atoms with E-state index in [9.17, 15) is 9.59 Å². The zero-order valence-electron chi connectivity index (χ0n) is 15.3. The Morgan fingerprint density at radius 1 is 1.14 bits per heavy atom. The van der Waals surface area contributed by atoms with E-state index < -0.39 is 0 Å². The lowest BCUT2D eigenvalue weighted by Gasteiger charge is -2.27. The second-order valence-electron chi connectivity index (χ2n) is 7.09. The predicted molar refractivity (Wildman–Crippen MR) is 107 cm³/mol. The van der Waals surface area contributed by atoms with Crippen LogP contribution in [-0.4, -0.2) is 35.1 Å². The molecule has 4 heterocycles. The quantitative estimate of drug-likeness (QED) is 0.682. The molecule has 2 aliphatic rings. The number of rotatable bonds is 3. The molecule has 0 N–H and O–H groups in total. The number of carbonyl (C=O) groups is 1. The van der Waals surface area contributed by atoms with Crippen molar-refractivity contribution in [2.75, 3.05) is 19.8 Å². The fourth-order valence-corrected chi connectivity index (χ4v) is 4.90. The highest BCUT2D eigenvalue weighted by Gasteiger charge is 2.31. The molecule has 144 valence electrons. The van der Waals surface area contributed by atoms with Crippen molar-refractivity contribution in [1.82, 2.24) is 9.47 Å². The third kappa shape index (κ3) is 2.96. The summed E-state index contributed by atoms with van der Waals surface area (Å²) in [7, 11) is 0. The van der Waals surface area contributed by atoms with Crippen LogP contribution in [0.4, 0.5) is 0 Å². The maximum Gasteiger partial charge on any atom is 0.243 e. The van der Waals surface area contributed by atoms with E-state index in [0.29, 0.717) is 17.9 Å². The molecule has 0 bridgehead atoms. The number of thiophene rings is 1. The van der Waals surface area contributed by atoms with Gasteiger partial charge in [0.2, 0.25) is 5.91 Å². The first-order valence-corrected chi connectivity index (χ1v) is 10.3. The Labute approximate surface area is 165 Å². The van der Waals surface area contributed by atoms with Gasteiger partial charge in [-0.25, -0.2) is 0 Å². The number of aromatic nitrogens is 1. The van der Waals surface area contributed by atoms with Gasteiger partial charge in [0, 0.05) is 18.8 Å². The third-order valence-electron chi connectivity index (χ3n) is 5.41. The Hall–Kier alpha value is -2.80. The van der Waals surface area contributed by atoms with Gasteiger partial charge in [-0.15, -0.1) is 11.3 Å². The van der Waals surface area contributed by atoms with Crippen molar-refractivity contribution < 1.29 is 14.3 Å². The minimum absolute atomic E-state index is 0.00373. The van der Waals surface area contributed by atoms with E-state index in [0.717, 1.165) is 42.0 Å². The van der Waals surface area contributed by atoms with Crippen LogP contribution in [0.3, 0.4) is 0 Å². The molecule has 2 aliphatic heterocycles. The molecular weight excluding hydrogens is 376 g/mol. The van der Waals surface area contributed by atoms with Crippen LogP contribution in [-0.2, 0) is 11.3 Å². The van der Waals surface area contributed by atoms with Crippen LogP contribution in [0.2, 0.25) is 0 Å². The van der Waals surface area contributed by atoms with Gasteiger partial charge in [0.1, 0.15) is 19.8 Å². The van der Waals surface area contributed by atoms with Gasteiger partial charge in [0.05, 0.1) is 16.3 Å². The fraction of sp³-hybridized carbons (Fsp3) is 0.333. The summed E-state index contributed by atoms with van der Waals surface area (Å²) in [5, 5.41) is 1.89. The smallest absolute Gasteiger partial charge is 0.243 e. The second kappa shape index (κ2) is 6.98. The molecule has 0 spiro atoms. The zero-order chi connectivity index (χ0) is 19.1. The van der Waals surface area contributed by atoms with E-state index in [1.165, 1.54) is 17.4 Å². The zero-order valence-corrected chi connectivity index (χ0v) is 16.1. The van der Waals surface area contributed by atoms with Crippen LogP contribution in [0.15, 0.2) is 46.7 Å². The Balaban J connectivity index is 1.40. The molecule has 1 amide bonds. The predicted octanol–water partition coefficient (Wildman–Crippen LogP) is 3.20. The number of hydrogen-bond acceptors (Lipinski definition) is 5. The summed E-state index contributed by atoms with van der Waals surface area (Å²) >= 11 is 1.41. The van der Waals surface area contributed by atoms with Crippen molar-refractivity contribution in [2.45, 2.75) is 25.4 Å². The van der Waals surface area contributed by atoms with Crippen LogP contribution in [0.5, 0.6) is 11.5 Å². The largest absolute Gasteiger partial charge is 0.486 e. The van der Waals surface area contributed by atoms with Gasteiger partial charge in [0.25, 0.3) is 0 Å². The van der Waals surface area contributed by atoms with Gasteiger partial charge in [-0.05, 0) is 42.0 Å². The first kappa shape index (κ1) is 17.3. The topological polar surface area (TPSA) is 60.8 Å². The molecule has 1 aromatic carbocycles. The van der Waals surface area contributed by atoms with Crippen molar-refractivity contribution in [3.63, 3.8) is 0 Å². The first-order valence-electron chi connectivity index (χ1n) is 9.46. The van der Waals surface area contributed by atoms with Gasteiger partial charge in [0.15, 0.2) is 16.9 Å². The molecular formula is C21H20N2O4S. The number of hydrogen-bond donors (Lipinski definition) is 0. The van der Waals surface area contributed by atoms with Gasteiger partial charge < -0.3 is 18.9 Å². The van der Waals surface area contributed by atoms with Crippen molar-refractivity contribution in [3.05, 3.63) is 57.7 Å². The summed E-state index contributed by atoms with van der Waals surface area (Å²) in [5.41, 5.74) is 1.90. The maximum absolute atomic E-state index is 13.1. The number of benzene rings is 1. The number of nitrogens with zero attached hydrogens (tertiary/aromatic N) is 2. The molecule has 0 aliphatic carbocycles. The Morgan fingerprint density at radius 2 is 2.00 bits per heavy atom. The molecule has 1 saturated heterocycles. The Kier molecular flexibility index (Phi) is 4.31. The van der Waals surface area contributed by atoms with Crippen LogP contribution in [0.1, 0.15) is 24.4 Å². The molecule has 6 nitrogen and oxygen atoms in total. The molecule has 3 aromatic rings. The van der Waals surface area contributed by atoms with Crippen LogP contribution >= 0.6 is 11.3 Å². The number of ether oxygens (including phenoxy) is 2. The average Bonchev–Trinajstić information content (AvgIpc) is 3.40. The highest BCUT2D eigenvalue weighted by molar-refractivity contribution is 7.17. The van der Waals surface area contributed by atoms with E-state index in [1.54, 1.807) is 6.20 Å². The second-order valence-corrected chi connectivity index (χ2v) is 8.01. The molecule has 2 aromatic heterocycles. The standard InChI is InChI=1S/C21H20N2O4S/c24-17-5-8-22(16-6-11-28-21(16)17)13-20(25)23-7-1-2-15(23)14-3-4-18-19(12-14)27-10-9-26-18/h3-6,8,11-12,15H,1-2,7,9-10,13H2. The van der Waals surface area contributed by atoms with E-state index in [1.807, 2.05) is 39.1 Å². The number of carbonyl (C=O) groups excluding carboxylic acids is 1. The summed E-state index contributed by atoms with van der Waals surface area (Å²) in [6.45, 7) is 2.09. The average molecular weight is 396 g/mol. The number of pyridine rings is 1. The van der Waals surface area contributed by atoms with E-state index in [2.05, 4.69) is 0 Å². The number of likely N-dealkylation sites (tertiary alicyclic amines) is 1. The molecule has 7 heteroatoms. The normalized spacial score (nSPS) is 18.6. The van der Waals surface area contributed by atoms with Crippen molar-refractivity contribution in [3.8, 4) is 11.5 Å². The highest BCUT2D eigenvalue weighted by Crippen LogP contribution is 2.38. The lowest BCUT2D eigenvalue weighted by atomic mass is 10.0. The molecule has 28 heavy (non-hydrogen) atoms. The molecule has 0 radical (unpaired) electrons. The van der Waals surface area contributed by atoms with Gasteiger partial charge in [-0.1, -0.05) is 6.07 Å². The fourth-order valence-electron chi connectivity index (χ4n) is 4.08. The first-order chi connectivity index (χ1) is 13.7. The van der Waals surface area contributed by atoms with E-state index in [4.69, 9.17) is 9.47 Å². The highest BCUT2D eigenvalue weighted by atomic mass is 32.1. The summed E-state index contributed by atoms with van der Waals surface area (Å²) < 4.78 is 13.9. The SMILES string of the molecule is O=C(Cn1ccc(=O)c2sccc21)N1CCCC1c1ccc2c(c1)OCCO2. The number of amides is 1. The minimum atomic E-state index is 0.00373. The molecule has 1 atom stereocenters. The van der Waals surface area contributed by atoms with E-state index in [-0.39, 0.29) is 23.9 Å². The Morgan fingerprint density at radius 3 is 2.89 bits per heavy atom. The number of fused-ring (bicyclic) bond motifs is 2. The van der Waals surface area contributed by atoms with Crippen LogP contribution in [0, 0.1) is 0 Å². The summed E-state index contributed by atoms with van der Waals surface area (Å²) in [6, 6.07) is 9.44. The molecule has 0 saturated carbocycles. The van der Waals surface area contributed by atoms with Crippen LogP contribution in [0.25, 0.3) is 10.2 Å². The van der Waals surface area contributed by atoms with Crippen molar-refractivity contribution >= 4 is 27.5 Å². The monoisotopic (exact) mass is 396 g/mol. The van der Waals surface area contributed by atoms with E-state index >= 15 is 0 Å². The van der Waals surface area contributed by atoms with Crippen LogP contribution < -0.4 is 14.9 Å². The molecule has 1 unspecified atom stereocenters. The Bertz CT molecular complexity index is 1100. The summed E-state index contributed by atoms with van der Waals surface area (Å²) in [6.07, 6.45) is 3.62. The van der Waals surface area contributed by atoms with Crippen molar-refractivity contribution in [1.29, 1.82) is 0 Å². The van der Waals surface area contributed by atoms with Gasteiger partial charge in [-0.3, -0.25) is 9.59 Å². The third-order valence-corrected chi connectivity index (χ3v) is 6.33. The molecule has 5 rings (SSSR count). The van der Waals surface area contributed by atoms with Gasteiger partial charge in [-0.2, -0.15) is 0 Å². The van der Waals surface area contributed by atoms with Crippen molar-refractivity contribution in [2.24, 2.45) is 0 Å². The summed E-state index contributed by atoms with van der Waals surface area (Å²) in [5.74, 6) is 1.58. The lowest BCUT2D eigenvalue weighted by molar-refractivity contribution is -0.132. The minimum Gasteiger partial charge on any atom is -0.486 e. The van der Waals surface area contributed by atoms with Gasteiger partial charge >= 0.3 is 0 Å². The molecule has 1 fully saturated rings. The lowest BCUT2D eigenvalue weighted by Crippen LogP contribution is -2.33. The maximum atomic E-state index is 13.1.